The minimum absolute atomic E-state index is 0.152. The van der Waals surface area contributed by atoms with Crippen molar-refractivity contribution in [2.75, 3.05) is 30.0 Å². The molecule has 4 rings (SSSR count). The number of nitrogens with zero attached hydrogens (tertiary/aromatic N) is 3. The molecule has 1 fully saturated rings. The van der Waals surface area contributed by atoms with Gasteiger partial charge < -0.3 is 25.5 Å². The molecule has 4 N–H and O–H groups in total. The SMILES string of the molecule is C#CC1=CCC(O)(c2cc(N3CCOC[C@H]3C)nc(Nc3ccn[nH]3)c2C=N)CC1. The third-order valence-electron chi connectivity index (χ3n) is 5.79. The first kappa shape index (κ1) is 20.1. The lowest BCUT2D eigenvalue weighted by atomic mass is 9.79. The Kier molecular flexibility index (Phi) is 5.57. The number of hydrogen-bond acceptors (Lipinski definition) is 7. The highest BCUT2D eigenvalue weighted by atomic mass is 16.5. The van der Waals surface area contributed by atoms with Gasteiger partial charge in [-0.05, 0) is 43.4 Å². The molecule has 2 aromatic heterocycles. The van der Waals surface area contributed by atoms with Gasteiger partial charge >= 0.3 is 0 Å². The van der Waals surface area contributed by atoms with Crippen molar-refractivity contribution in [3.8, 4) is 12.3 Å². The highest BCUT2D eigenvalue weighted by molar-refractivity contribution is 5.89. The van der Waals surface area contributed by atoms with E-state index in [4.69, 9.17) is 21.6 Å². The molecule has 2 aliphatic rings. The quantitative estimate of drug-likeness (QED) is 0.449. The molecule has 1 aliphatic carbocycles. The van der Waals surface area contributed by atoms with Gasteiger partial charge in [0.1, 0.15) is 17.5 Å². The Morgan fingerprint density at radius 1 is 1.53 bits per heavy atom. The van der Waals surface area contributed by atoms with E-state index < -0.39 is 5.60 Å². The number of allylic oxidation sites excluding steroid dienone is 1. The first-order valence-corrected chi connectivity index (χ1v) is 10.1. The van der Waals surface area contributed by atoms with E-state index in [1.165, 1.54) is 6.21 Å². The summed E-state index contributed by atoms with van der Waals surface area (Å²) in [6.07, 6.45) is 11.9. The molecule has 0 bridgehead atoms. The highest BCUT2D eigenvalue weighted by Crippen LogP contribution is 2.41. The maximum absolute atomic E-state index is 11.6. The summed E-state index contributed by atoms with van der Waals surface area (Å²) in [6.45, 7) is 4.03. The standard InChI is InChI=1S/C22H26N6O2/c1-3-16-4-7-22(29,8-5-16)18-12-20(28-10-11-30-14-15(28)2)26-21(17(18)13-23)25-19-6-9-24-27-19/h1,4,6,9,12-13,15,23,29H,5,7-8,10-11,14H2,2H3,(H2,24,25,26,27)/t15-,22?/m1/s1. The molecule has 0 spiro atoms. The van der Waals surface area contributed by atoms with Gasteiger partial charge in [0.05, 0.1) is 31.1 Å². The van der Waals surface area contributed by atoms with Crippen LogP contribution in [0.5, 0.6) is 0 Å². The van der Waals surface area contributed by atoms with Crippen LogP contribution in [0.3, 0.4) is 0 Å². The van der Waals surface area contributed by atoms with Gasteiger partial charge in [-0.3, -0.25) is 5.10 Å². The number of aromatic amines is 1. The fourth-order valence-electron chi connectivity index (χ4n) is 4.05. The van der Waals surface area contributed by atoms with Crippen molar-refractivity contribution in [3.63, 3.8) is 0 Å². The van der Waals surface area contributed by atoms with Crippen LogP contribution >= 0.6 is 0 Å². The van der Waals surface area contributed by atoms with Gasteiger partial charge in [-0.1, -0.05) is 12.0 Å². The Labute approximate surface area is 175 Å². The summed E-state index contributed by atoms with van der Waals surface area (Å²) in [6, 6.07) is 3.85. The van der Waals surface area contributed by atoms with Gasteiger partial charge in [0.25, 0.3) is 0 Å². The second-order valence-corrected chi connectivity index (χ2v) is 7.76. The molecular weight excluding hydrogens is 380 g/mol. The van der Waals surface area contributed by atoms with E-state index in [-0.39, 0.29) is 6.04 Å². The number of H-pyrrole nitrogens is 1. The molecule has 3 heterocycles. The first-order valence-electron chi connectivity index (χ1n) is 10.1. The highest BCUT2D eigenvalue weighted by Gasteiger charge is 2.35. The van der Waals surface area contributed by atoms with E-state index in [2.05, 4.69) is 33.3 Å². The smallest absolute Gasteiger partial charge is 0.143 e. The average molecular weight is 406 g/mol. The zero-order valence-electron chi connectivity index (χ0n) is 17.0. The van der Waals surface area contributed by atoms with Crippen LogP contribution in [0, 0.1) is 17.8 Å². The lowest BCUT2D eigenvalue weighted by Crippen LogP contribution is -2.44. The van der Waals surface area contributed by atoms with Crippen LogP contribution in [0.1, 0.15) is 37.3 Å². The van der Waals surface area contributed by atoms with Gasteiger partial charge in [-0.15, -0.1) is 6.42 Å². The number of aromatic nitrogens is 3. The number of nitrogens with one attached hydrogen (secondary N) is 3. The van der Waals surface area contributed by atoms with Crippen LogP contribution in [0.4, 0.5) is 17.5 Å². The second kappa shape index (κ2) is 8.30. The molecule has 30 heavy (non-hydrogen) atoms. The molecule has 156 valence electrons. The number of pyridine rings is 1. The van der Waals surface area contributed by atoms with Crippen LogP contribution in [0.15, 0.2) is 30.0 Å². The van der Waals surface area contributed by atoms with E-state index in [1.54, 1.807) is 12.3 Å². The zero-order valence-corrected chi connectivity index (χ0v) is 17.0. The number of morpholine rings is 1. The van der Waals surface area contributed by atoms with Crippen LogP contribution in [0.2, 0.25) is 0 Å². The third kappa shape index (κ3) is 3.82. The number of anilines is 3. The molecule has 8 heteroatoms. The van der Waals surface area contributed by atoms with Crippen LogP contribution < -0.4 is 10.2 Å². The fourth-order valence-corrected chi connectivity index (χ4v) is 4.05. The Balaban J connectivity index is 1.82. The summed E-state index contributed by atoms with van der Waals surface area (Å²) in [5, 5.41) is 29.7. The van der Waals surface area contributed by atoms with Gasteiger partial charge in [0.15, 0.2) is 0 Å². The van der Waals surface area contributed by atoms with E-state index in [0.717, 1.165) is 11.4 Å². The van der Waals surface area contributed by atoms with Crippen molar-refractivity contribution in [3.05, 3.63) is 41.1 Å². The molecule has 1 saturated heterocycles. The Morgan fingerprint density at radius 3 is 3.03 bits per heavy atom. The van der Waals surface area contributed by atoms with E-state index in [9.17, 15) is 5.11 Å². The lowest BCUT2D eigenvalue weighted by molar-refractivity contribution is 0.0263. The topological polar surface area (TPSA) is 110 Å². The van der Waals surface area contributed by atoms with Gasteiger partial charge in [0, 0.05) is 24.4 Å². The molecule has 2 aromatic rings. The van der Waals surface area contributed by atoms with Crippen molar-refractivity contribution < 1.29 is 9.84 Å². The number of terminal acetylenes is 1. The summed E-state index contributed by atoms with van der Waals surface area (Å²) in [5.74, 6) is 4.58. The van der Waals surface area contributed by atoms with E-state index in [0.29, 0.717) is 61.8 Å². The van der Waals surface area contributed by atoms with Crippen molar-refractivity contribution >= 4 is 23.7 Å². The minimum atomic E-state index is -1.12. The number of aliphatic hydroxyl groups is 1. The molecular formula is C22H26N6O2. The van der Waals surface area contributed by atoms with E-state index >= 15 is 0 Å². The molecule has 1 unspecified atom stereocenters. The van der Waals surface area contributed by atoms with Gasteiger partial charge in [-0.2, -0.15) is 5.10 Å². The summed E-state index contributed by atoms with van der Waals surface area (Å²) in [7, 11) is 0. The Bertz CT molecular complexity index is 994. The average Bonchev–Trinajstić information content (AvgIpc) is 3.27. The van der Waals surface area contributed by atoms with Crippen molar-refractivity contribution in [1.29, 1.82) is 5.41 Å². The monoisotopic (exact) mass is 406 g/mol. The van der Waals surface area contributed by atoms with Crippen LogP contribution in [-0.4, -0.2) is 52.3 Å². The fraction of sp³-hybridized carbons (Fsp3) is 0.409. The molecule has 0 aromatic carbocycles. The zero-order chi connectivity index (χ0) is 21.1. The predicted molar refractivity (Wildman–Crippen MR) is 116 cm³/mol. The molecule has 0 amide bonds. The predicted octanol–water partition coefficient (Wildman–Crippen LogP) is 2.70. The maximum Gasteiger partial charge on any atom is 0.143 e. The Hall–Kier alpha value is -3.15. The third-order valence-corrected chi connectivity index (χ3v) is 5.79. The van der Waals surface area contributed by atoms with Crippen LogP contribution in [0.25, 0.3) is 0 Å². The molecule has 0 radical (unpaired) electrons. The Morgan fingerprint density at radius 2 is 2.40 bits per heavy atom. The first-order chi connectivity index (χ1) is 14.5. The maximum atomic E-state index is 11.6. The van der Waals surface area contributed by atoms with Gasteiger partial charge in [0.2, 0.25) is 0 Å². The van der Waals surface area contributed by atoms with Crippen LogP contribution in [-0.2, 0) is 10.3 Å². The largest absolute Gasteiger partial charge is 0.385 e. The van der Waals surface area contributed by atoms with E-state index in [1.807, 2.05) is 12.1 Å². The molecule has 1 aliphatic heterocycles. The lowest BCUT2D eigenvalue weighted by Gasteiger charge is -2.37. The summed E-state index contributed by atoms with van der Waals surface area (Å²) < 4.78 is 5.57. The normalized spacial score (nSPS) is 24.1. The summed E-state index contributed by atoms with van der Waals surface area (Å²) in [4.78, 5) is 6.99. The summed E-state index contributed by atoms with van der Waals surface area (Å²) in [5.41, 5.74) is 1.01. The molecule has 8 nitrogen and oxygen atoms in total. The number of rotatable bonds is 5. The minimum Gasteiger partial charge on any atom is -0.385 e. The number of ether oxygens (including phenoxy) is 1. The molecule has 0 saturated carbocycles. The van der Waals surface area contributed by atoms with Crippen molar-refractivity contribution in [2.24, 2.45) is 0 Å². The second-order valence-electron chi connectivity index (χ2n) is 7.76. The summed E-state index contributed by atoms with van der Waals surface area (Å²) >= 11 is 0. The van der Waals surface area contributed by atoms with Gasteiger partial charge in [-0.25, -0.2) is 4.98 Å². The molecule has 2 atom stereocenters. The van der Waals surface area contributed by atoms with Crippen molar-refractivity contribution in [1.82, 2.24) is 15.2 Å². The van der Waals surface area contributed by atoms with Crippen molar-refractivity contribution in [2.45, 2.75) is 37.8 Å². The number of hydrogen-bond donors (Lipinski definition) is 4.